The van der Waals surface area contributed by atoms with E-state index in [-0.39, 0.29) is 18.6 Å². The number of carbonyl (C=O) groups excluding carboxylic acids is 1. The number of carbonyl (C=O) groups is 3. The first-order chi connectivity index (χ1) is 7.38. The molecule has 0 spiro atoms. The number of nitrogens with one attached hydrogen (secondary N) is 1. The van der Waals surface area contributed by atoms with E-state index in [9.17, 15) is 14.4 Å². The van der Waals surface area contributed by atoms with Gasteiger partial charge in [-0.2, -0.15) is 12.6 Å². The summed E-state index contributed by atoms with van der Waals surface area (Å²) in [5.74, 6) is -3.10. The number of hydrogen-bond donors (Lipinski definition) is 5. The Kier molecular flexibility index (Phi) is 6.50. The Balaban J connectivity index is 4.37. The van der Waals surface area contributed by atoms with Gasteiger partial charge in [0.2, 0.25) is 5.91 Å². The molecule has 8 heteroatoms. The number of rotatable bonds is 8. The van der Waals surface area contributed by atoms with Gasteiger partial charge in [-0.25, -0.2) is 0 Å². The van der Waals surface area contributed by atoms with Crippen molar-refractivity contribution in [2.24, 2.45) is 5.73 Å². The average Bonchev–Trinajstić information content (AvgIpc) is 2.16. The molecule has 0 aromatic carbocycles. The van der Waals surface area contributed by atoms with Crippen LogP contribution in [0.2, 0.25) is 0 Å². The molecule has 0 heterocycles. The van der Waals surface area contributed by atoms with Crippen LogP contribution in [0.25, 0.3) is 0 Å². The minimum Gasteiger partial charge on any atom is -0.480 e. The lowest BCUT2D eigenvalue weighted by atomic mass is 10.1. The monoisotopic (exact) mass is 250 g/mol. The predicted molar refractivity (Wildman–Crippen MR) is 58.3 cm³/mol. The number of amides is 1. The minimum atomic E-state index is -1.23. The standard InChI is InChI=1S/C8H14N2O5S/c9-6(11)2-1-4(7(12)13)10-5(3-16)8(14)15/h4-5,10,16H,1-3H2,(H2,9,11)(H,12,13)(H,14,15)/t4-,5?/m0/s1. The SMILES string of the molecule is NC(=O)CC[C@H](NC(CS)C(=O)O)C(=O)O. The van der Waals surface area contributed by atoms with Crippen molar-refractivity contribution in [3.63, 3.8) is 0 Å². The van der Waals surface area contributed by atoms with E-state index in [1.54, 1.807) is 0 Å². The molecule has 0 saturated carbocycles. The van der Waals surface area contributed by atoms with Crippen LogP contribution in [0.1, 0.15) is 12.8 Å². The number of aliphatic carboxylic acids is 2. The summed E-state index contributed by atoms with van der Waals surface area (Å²) in [6, 6.07) is -2.20. The van der Waals surface area contributed by atoms with Crippen LogP contribution in [0.3, 0.4) is 0 Å². The lowest BCUT2D eigenvalue weighted by Crippen LogP contribution is -2.48. The smallest absolute Gasteiger partial charge is 0.321 e. The van der Waals surface area contributed by atoms with Gasteiger partial charge in [0.1, 0.15) is 12.1 Å². The first-order valence-electron chi connectivity index (χ1n) is 4.49. The molecule has 7 nitrogen and oxygen atoms in total. The van der Waals surface area contributed by atoms with Crippen molar-refractivity contribution in [3.8, 4) is 0 Å². The number of nitrogens with two attached hydrogens (primary N) is 1. The molecule has 0 aromatic heterocycles. The van der Waals surface area contributed by atoms with E-state index in [2.05, 4.69) is 17.9 Å². The van der Waals surface area contributed by atoms with Gasteiger partial charge in [-0.3, -0.25) is 19.7 Å². The summed E-state index contributed by atoms with van der Waals surface area (Å²) in [5.41, 5.74) is 4.87. The van der Waals surface area contributed by atoms with E-state index < -0.39 is 29.9 Å². The van der Waals surface area contributed by atoms with Crippen molar-refractivity contribution in [1.82, 2.24) is 5.32 Å². The fourth-order valence-electron chi connectivity index (χ4n) is 1.01. The molecule has 92 valence electrons. The topological polar surface area (TPSA) is 130 Å². The average molecular weight is 250 g/mol. The van der Waals surface area contributed by atoms with Crippen molar-refractivity contribution < 1.29 is 24.6 Å². The second-order valence-electron chi connectivity index (χ2n) is 3.14. The van der Waals surface area contributed by atoms with Gasteiger partial charge >= 0.3 is 11.9 Å². The molecule has 0 fully saturated rings. The van der Waals surface area contributed by atoms with Gasteiger partial charge < -0.3 is 15.9 Å². The van der Waals surface area contributed by atoms with Crippen LogP contribution >= 0.6 is 12.6 Å². The van der Waals surface area contributed by atoms with E-state index >= 15 is 0 Å². The van der Waals surface area contributed by atoms with E-state index in [0.29, 0.717) is 0 Å². The number of carboxylic acid groups (broad SMARTS) is 2. The Morgan fingerprint density at radius 1 is 1.19 bits per heavy atom. The van der Waals surface area contributed by atoms with Crippen LogP contribution in [0.5, 0.6) is 0 Å². The van der Waals surface area contributed by atoms with Crippen molar-refractivity contribution >= 4 is 30.5 Å². The largest absolute Gasteiger partial charge is 0.480 e. The maximum Gasteiger partial charge on any atom is 0.321 e. The highest BCUT2D eigenvalue weighted by molar-refractivity contribution is 7.80. The van der Waals surface area contributed by atoms with Crippen LogP contribution < -0.4 is 11.1 Å². The quantitative estimate of drug-likeness (QED) is 0.340. The van der Waals surface area contributed by atoms with Gasteiger partial charge in [0.25, 0.3) is 0 Å². The number of primary amides is 1. The zero-order valence-corrected chi connectivity index (χ0v) is 9.31. The van der Waals surface area contributed by atoms with Gasteiger partial charge in [-0.05, 0) is 6.42 Å². The number of carboxylic acids is 2. The molecule has 0 aliphatic carbocycles. The Morgan fingerprint density at radius 2 is 1.69 bits per heavy atom. The molecule has 0 radical (unpaired) electrons. The van der Waals surface area contributed by atoms with Gasteiger partial charge in [-0.1, -0.05) is 0 Å². The summed E-state index contributed by atoms with van der Waals surface area (Å²) in [6.07, 6.45) is -0.175. The molecular weight excluding hydrogens is 236 g/mol. The van der Waals surface area contributed by atoms with E-state index in [1.807, 2.05) is 0 Å². The Labute approximate surface area is 97.4 Å². The predicted octanol–water partition coefficient (Wildman–Crippen LogP) is -1.32. The molecule has 0 rings (SSSR count). The molecule has 0 aliphatic heterocycles. The summed E-state index contributed by atoms with van der Waals surface area (Å²) in [6.45, 7) is 0. The third-order valence-corrected chi connectivity index (χ3v) is 2.23. The van der Waals surface area contributed by atoms with Crippen LogP contribution in [0.4, 0.5) is 0 Å². The van der Waals surface area contributed by atoms with Gasteiger partial charge in [0.05, 0.1) is 0 Å². The van der Waals surface area contributed by atoms with E-state index in [0.717, 1.165) is 0 Å². The fourth-order valence-corrected chi connectivity index (χ4v) is 1.27. The number of thiol groups is 1. The second-order valence-corrected chi connectivity index (χ2v) is 3.50. The zero-order valence-electron chi connectivity index (χ0n) is 8.42. The maximum atomic E-state index is 10.8. The summed E-state index contributed by atoms with van der Waals surface area (Å²) in [5, 5.41) is 19.8. The molecule has 0 aliphatic rings. The van der Waals surface area contributed by atoms with Crippen LogP contribution in [0, 0.1) is 0 Å². The molecule has 0 saturated heterocycles. The van der Waals surface area contributed by atoms with Crippen molar-refractivity contribution in [2.75, 3.05) is 5.75 Å². The highest BCUT2D eigenvalue weighted by atomic mass is 32.1. The minimum absolute atomic E-state index is 0.0459. The molecule has 1 unspecified atom stereocenters. The lowest BCUT2D eigenvalue weighted by molar-refractivity contribution is -0.142. The fraction of sp³-hybridized carbons (Fsp3) is 0.625. The Bertz CT molecular complexity index is 284. The lowest BCUT2D eigenvalue weighted by Gasteiger charge is -2.18. The molecule has 2 atom stereocenters. The third-order valence-electron chi connectivity index (χ3n) is 1.86. The molecular formula is C8H14N2O5S. The highest BCUT2D eigenvalue weighted by Crippen LogP contribution is 2.00. The molecule has 0 aromatic rings. The normalized spacial score (nSPS) is 14.1. The molecule has 16 heavy (non-hydrogen) atoms. The Morgan fingerprint density at radius 3 is 2.00 bits per heavy atom. The van der Waals surface area contributed by atoms with Crippen LogP contribution in [-0.2, 0) is 14.4 Å². The summed E-state index contributed by atoms with van der Waals surface area (Å²) < 4.78 is 0. The van der Waals surface area contributed by atoms with Gasteiger partial charge in [0.15, 0.2) is 0 Å². The van der Waals surface area contributed by atoms with E-state index in [1.165, 1.54) is 0 Å². The zero-order chi connectivity index (χ0) is 12.7. The first kappa shape index (κ1) is 14.7. The van der Waals surface area contributed by atoms with Crippen molar-refractivity contribution in [2.45, 2.75) is 24.9 Å². The number of hydrogen-bond acceptors (Lipinski definition) is 5. The third kappa shape index (κ3) is 5.56. The van der Waals surface area contributed by atoms with Gasteiger partial charge in [-0.15, -0.1) is 0 Å². The van der Waals surface area contributed by atoms with Crippen molar-refractivity contribution in [1.29, 1.82) is 0 Å². The first-order valence-corrected chi connectivity index (χ1v) is 5.12. The summed E-state index contributed by atoms with van der Waals surface area (Å²) in [4.78, 5) is 31.9. The summed E-state index contributed by atoms with van der Waals surface area (Å²) in [7, 11) is 0. The molecule has 5 N–H and O–H groups in total. The summed E-state index contributed by atoms with van der Waals surface area (Å²) >= 11 is 3.78. The van der Waals surface area contributed by atoms with Crippen molar-refractivity contribution in [3.05, 3.63) is 0 Å². The molecule has 0 bridgehead atoms. The highest BCUT2D eigenvalue weighted by Gasteiger charge is 2.24. The van der Waals surface area contributed by atoms with E-state index in [4.69, 9.17) is 15.9 Å². The Hall–Kier alpha value is -1.28. The molecule has 1 amide bonds. The van der Waals surface area contributed by atoms with Crippen LogP contribution in [-0.4, -0.2) is 45.9 Å². The maximum absolute atomic E-state index is 10.8. The van der Waals surface area contributed by atoms with Gasteiger partial charge in [0, 0.05) is 12.2 Å². The van der Waals surface area contributed by atoms with Crippen LogP contribution in [0.15, 0.2) is 0 Å². The second kappa shape index (κ2) is 7.07.